The molecule has 3 aromatic heterocycles. The predicted octanol–water partition coefficient (Wildman–Crippen LogP) is 3.08. The summed E-state index contributed by atoms with van der Waals surface area (Å²) < 4.78 is 48.3. The SMILES string of the molecule is COc1ncnc(OC)c1-n1c(NS(=O)(=O)[C@@H](C)[C@@H](OC(C)C)c2ncc(Cl)cn2)nnc1C1CCC1. The number of methoxy groups -OCH3 is 2. The van der Waals surface area contributed by atoms with Gasteiger partial charge in [0.05, 0.1) is 25.3 Å². The van der Waals surface area contributed by atoms with Crippen molar-refractivity contribution in [2.75, 3.05) is 18.9 Å². The first-order chi connectivity index (χ1) is 17.7. The summed E-state index contributed by atoms with van der Waals surface area (Å²) in [6.07, 6.45) is 5.60. The molecule has 3 aromatic rings. The fourth-order valence-corrected chi connectivity index (χ4v) is 5.06. The van der Waals surface area contributed by atoms with Crippen LogP contribution < -0.4 is 14.2 Å². The molecule has 0 radical (unpaired) electrons. The van der Waals surface area contributed by atoms with Gasteiger partial charge in [-0.2, -0.15) is 9.97 Å². The lowest BCUT2D eigenvalue weighted by Gasteiger charge is -2.27. The number of rotatable bonds is 11. The summed E-state index contributed by atoms with van der Waals surface area (Å²) in [6.45, 7) is 5.10. The van der Waals surface area contributed by atoms with Crippen LogP contribution >= 0.6 is 11.6 Å². The molecule has 1 N–H and O–H groups in total. The van der Waals surface area contributed by atoms with Gasteiger partial charge in [-0.15, -0.1) is 10.2 Å². The van der Waals surface area contributed by atoms with Gasteiger partial charge in [-0.05, 0) is 33.6 Å². The van der Waals surface area contributed by atoms with E-state index in [0.717, 1.165) is 19.3 Å². The largest absolute Gasteiger partial charge is 0.479 e. The molecule has 3 heterocycles. The molecule has 0 bridgehead atoms. The first-order valence-corrected chi connectivity index (χ1v) is 13.6. The molecule has 1 saturated carbocycles. The molecular weight excluding hydrogens is 524 g/mol. The lowest BCUT2D eigenvalue weighted by molar-refractivity contribution is 0.00154. The maximum absolute atomic E-state index is 13.7. The molecular formula is C22H29ClN8O5S. The fraction of sp³-hybridized carbons (Fsp3) is 0.545. The fourth-order valence-electron chi connectivity index (χ4n) is 3.88. The Bertz CT molecular complexity index is 1310. The topological polar surface area (TPSA) is 156 Å². The number of aromatic nitrogens is 7. The maximum Gasteiger partial charge on any atom is 0.245 e. The molecule has 0 aliphatic heterocycles. The quantitative estimate of drug-likeness (QED) is 0.372. The zero-order valence-corrected chi connectivity index (χ0v) is 22.7. The highest BCUT2D eigenvalue weighted by Crippen LogP contribution is 2.40. The van der Waals surface area contributed by atoms with Crippen LogP contribution in [-0.4, -0.2) is 68.7 Å². The minimum Gasteiger partial charge on any atom is -0.479 e. The van der Waals surface area contributed by atoms with Gasteiger partial charge >= 0.3 is 0 Å². The predicted molar refractivity (Wildman–Crippen MR) is 135 cm³/mol. The van der Waals surface area contributed by atoms with Crippen LogP contribution in [0.2, 0.25) is 5.02 Å². The summed E-state index contributed by atoms with van der Waals surface area (Å²) in [4.78, 5) is 16.7. The Hall–Kier alpha value is -3.10. The Morgan fingerprint density at radius 2 is 1.65 bits per heavy atom. The monoisotopic (exact) mass is 552 g/mol. The van der Waals surface area contributed by atoms with Crippen LogP contribution in [0.25, 0.3) is 5.69 Å². The summed E-state index contributed by atoms with van der Waals surface area (Å²) in [7, 11) is -1.22. The first-order valence-electron chi connectivity index (χ1n) is 11.7. The van der Waals surface area contributed by atoms with Crippen molar-refractivity contribution in [1.82, 2.24) is 34.7 Å². The second-order valence-electron chi connectivity index (χ2n) is 8.80. The third kappa shape index (κ3) is 5.60. The molecule has 13 nitrogen and oxygen atoms in total. The van der Waals surface area contributed by atoms with E-state index < -0.39 is 21.4 Å². The Kier molecular flexibility index (Phi) is 8.09. The number of sulfonamides is 1. The van der Waals surface area contributed by atoms with Gasteiger partial charge in [0.2, 0.25) is 27.7 Å². The van der Waals surface area contributed by atoms with Crippen molar-refractivity contribution in [3.8, 4) is 17.4 Å². The Morgan fingerprint density at radius 3 is 2.16 bits per heavy atom. The van der Waals surface area contributed by atoms with Gasteiger partial charge in [0.1, 0.15) is 23.5 Å². The van der Waals surface area contributed by atoms with Crippen LogP contribution in [0, 0.1) is 0 Å². The maximum atomic E-state index is 13.7. The van der Waals surface area contributed by atoms with Crippen LogP contribution in [0.4, 0.5) is 5.95 Å². The minimum atomic E-state index is -4.12. The molecule has 0 amide bonds. The molecule has 2 atom stereocenters. The lowest BCUT2D eigenvalue weighted by Crippen LogP contribution is -2.35. The Balaban J connectivity index is 1.77. The van der Waals surface area contributed by atoms with E-state index in [0.29, 0.717) is 16.5 Å². The van der Waals surface area contributed by atoms with E-state index >= 15 is 0 Å². The van der Waals surface area contributed by atoms with Crippen molar-refractivity contribution in [1.29, 1.82) is 0 Å². The van der Waals surface area contributed by atoms with Gasteiger partial charge in [0.25, 0.3) is 0 Å². The van der Waals surface area contributed by atoms with Crippen LogP contribution in [0.3, 0.4) is 0 Å². The normalized spacial score (nSPS) is 15.8. The molecule has 200 valence electrons. The summed E-state index contributed by atoms with van der Waals surface area (Å²) in [5.41, 5.74) is 0.292. The van der Waals surface area contributed by atoms with E-state index in [1.165, 1.54) is 39.9 Å². The number of halogens is 1. The highest BCUT2D eigenvalue weighted by Gasteiger charge is 2.37. The molecule has 1 fully saturated rings. The van der Waals surface area contributed by atoms with Gasteiger partial charge in [0.15, 0.2) is 11.5 Å². The second-order valence-corrected chi connectivity index (χ2v) is 11.3. The summed E-state index contributed by atoms with van der Waals surface area (Å²) >= 11 is 5.92. The average Bonchev–Trinajstić information content (AvgIpc) is 3.22. The third-order valence-electron chi connectivity index (χ3n) is 5.99. The standard InChI is InChI=1S/C22H29ClN8O5S/c1-12(2)36-17(18-24-9-15(23)10-25-18)13(3)37(32,33)30-22-29-28-19(14-7-6-8-14)31(22)16-20(34-4)26-11-27-21(16)35-5/h9-14,17H,6-8H2,1-5H3,(H,29,30)/t13-,17+/m0/s1. The van der Waals surface area contributed by atoms with Crippen molar-refractivity contribution in [3.63, 3.8) is 0 Å². The molecule has 1 aliphatic rings. The van der Waals surface area contributed by atoms with E-state index in [-0.39, 0.29) is 35.6 Å². The van der Waals surface area contributed by atoms with E-state index in [4.69, 9.17) is 25.8 Å². The Labute approximate surface area is 220 Å². The number of nitrogens with one attached hydrogen (secondary N) is 1. The number of anilines is 1. The smallest absolute Gasteiger partial charge is 0.245 e. The van der Waals surface area contributed by atoms with Crippen LogP contribution in [0.1, 0.15) is 63.7 Å². The molecule has 1 aliphatic carbocycles. The van der Waals surface area contributed by atoms with Crippen LogP contribution in [0.5, 0.6) is 11.8 Å². The van der Waals surface area contributed by atoms with Gasteiger partial charge < -0.3 is 14.2 Å². The molecule has 0 unspecified atom stereocenters. The second kappa shape index (κ2) is 11.1. The van der Waals surface area contributed by atoms with Crippen molar-refractivity contribution < 1.29 is 22.6 Å². The highest BCUT2D eigenvalue weighted by molar-refractivity contribution is 7.93. The first kappa shape index (κ1) is 26.9. The molecule has 37 heavy (non-hydrogen) atoms. The minimum absolute atomic E-state index is 0.0551. The van der Waals surface area contributed by atoms with E-state index in [1.54, 1.807) is 18.4 Å². The van der Waals surface area contributed by atoms with Gasteiger partial charge in [-0.25, -0.2) is 18.4 Å². The zero-order chi connectivity index (χ0) is 26.7. The average molecular weight is 553 g/mol. The molecule has 0 spiro atoms. The van der Waals surface area contributed by atoms with E-state index in [2.05, 4.69) is 34.9 Å². The van der Waals surface area contributed by atoms with Gasteiger partial charge in [-0.1, -0.05) is 18.0 Å². The highest BCUT2D eigenvalue weighted by atomic mass is 35.5. The van der Waals surface area contributed by atoms with Crippen molar-refractivity contribution >= 4 is 27.6 Å². The third-order valence-corrected chi connectivity index (χ3v) is 7.88. The summed E-state index contributed by atoms with van der Waals surface area (Å²) in [5.74, 6) is 1.12. The number of hydrogen-bond acceptors (Lipinski definition) is 11. The molecule has 0 aromatic carbocycles. The molecule has 4 rings (SSSR count). The van der Waals surface area contributed by atoms with Crippen LogP contribution in [0.15, 0.2) is 18.7 Å². The number of hydrogen-bond donors (Lipinski definition) is 1. The van der Waals surface area contributed by atoms with Gasteiger partial charge in [0, 0.05) is 18.3 Å². The lowest BCUT2D eigenvalue weighted by atomic mass is 9.85. The van der Waals surface area contributed by atoms with Crippen molar-refractivity contribution in [2.45, 2.75) is 63.4 Å². The molecule has 15 heteroatoms. The van der Waals surface area contributed by atoms with Crippen molar-refractivity contribution in [3.05, 3.63) is 35.4 Å². The molecule has 0 saturated heterocycles. The van der Waals surface area contributed by atoms with Crippen LogP contribution in [-0.2, 0) is 14.8 Å². The zero-order valence-electron chi connectivity index (χ0n) is 21.1. The Morgan fingerprint density at radius 1 is 1.03 bits per heavy atom. The summed E-state index contributed by atoms with van der Waals surface area (Å²) in [5, 5.41) is 7.71. The number of nitrogens with zero attached hydrogens (tertiary/aromatic N) is 7. The van der Waals surface area contributed by atoms with E-state index in [9.17, 15) is 8.42 Å². The van der Waals surface area contributed by atoms with Crippen molar-refractivity contribution in [2.24, 2.45) is 0 Å². The van der Waals surface area contributed by atoms with Gasteiger partial charge in [-0.3, -0.25) is 9.29 Å². The summed E-state index contributed by atoms with van der Waals surface area (Å²) in [6, 6.07) is 0. The number of ether oxygens (including phenoxy) is 3. The van der Waals surface area contributed by atoms with E-state index in [1.807, 2.05) is 0 Å².